The van der Waals surface area contributed by atoms with Gasteiger partial charge in [-0.3, -0.25) is 4.90 Å². The van der Waals surface area contributed by atoms with Crippen molar-refractivity contribution < 1.29 is 8.42 Å². The van der Waals surface area contributed by atoms with E-state index in [0.717, 1.165) is 48.4 Å². The highest BCUT2D eigenvalue weighted by atomic mass is 32.2. The number of fused-ring (bicyclic) bond motifs is 2. The fourth-order valence-corrected chi connectivity index (χ4v) is 3.91. The van der Waals surface area contributed by atoms with Gasteiger partial charge in [0.1, 0.15) is 5.65 Å². The molecule has 1 aliphatic rings. The van der Waals surface area contributed by atoms with Crippen molar-refractivity contribution >= 4 is 15.5 Å². The molecule has 3 aromatic heterocycles. The first-order valence-electron chi connectivity index (χ1n) is 8.52. The first-order valence-corrected chi connectivity index (χ1v) is 10.4. The van der Waals surface area contributed by atoms with Crippen molar-refractivity contribution in [1.29, 1.82) is 0 Å². The van der Waals surface area contributed by atoms with E-state index in [1.165, 1.54) is 11.3 Å². The van der Waals surface area contributed by atoms with Crippen LogP contribution in [0.4, 0.5) is 0 Å². The Morgan fingerprint density at radius 3 is 2.77 bits per heavy atom. The van der Waals surface area contributed by atoms with Crippen LogP contribution in [-0.2, 0) is 29.3 Å². The van der Waals surface area contributed by atoms with Gasteiger partial charge in [0, 0.05) is 50.3 Å². The van der Waals surface area contributed by atoms with Crippen molar-refractivity contribution in [1.82, 2.24) is 24.3 Å². The number of pyridine rings is 1. The summed E-state index contributed by atoms with van der Waals surface area (Å²) in [4.78, 5) is 15.3. The molecule has 3 aromatic rings. The molecule has 0 N–H and O–H groups in total. The van der Waals surface area contributed by atoms with Crippen LogP contribution in [-0.4, -0.2) is 45.5 Å². The van der Waals surface area contributed by atoms with E-state index in [-0.39, 0.29) is 5.16 Å². The molecule has 0 radical (unpaired) electrons. The molecule has 0 saturated heterocycles. The molecular formula is C18H21N5O2S. The van der Waals surface area contributed by atoms with Crippen LogP contribution in [0.15, 0.2) is 29.7 Å². The molecule has 0 unspecified atom stereocenters. The molecule has 0 spiro atoms. The molecule has 0 fully saturated rings. The summed E-state index contributed by atoms with van der Waals surface area (Å²) in [6, 6.07) is 4.11. The van der Waals surface area contributed by atoms with Gasteiger partial charge in [-0.2, -0.15) is 0 Å². The number of aromatic nitrogens is 4. The number of nitrogens with zero attached hydrogens (tertiary/aromatic N) is 5. The van der Waals surface area contributed by atoms with Gasteiger partial charge in [-0.1, -0.05) is 6.07 Å². The molecule has 4 heterocycles. The summed E-state index contributed by atoms with van der Waals surface area (Å²) in [6.45, 7) is 6.43. The minimum Gasteiger partial charge on any atom is -0.302 e. The Morgan fingerprint density at radius 1 is 1.19 bits per heavy atom. The summed E-state index contributed by atoms with van der Waals surface area (Å²) in [5, 5.41) is -0.0854. The molecule has 4 rings (SSSR count). The normalized spacial score (nSPS) is 15.3. The topological polar surface area (TPSA) is 80.5 Å². The largest absolute Gasteiger partial charge is 0.302 e. The van der Waals surface area contributed by atoms with E-state index >= 15 is 0 Å². The Balaban J connectivity index is 1.61. The van der Waals surface area contributed by atoms with Crippen molar-refractivity contribution in [3.63, 3.8) is 0 Å². The smallest absolute Gasteiger partial charge is 0.246 e. The van der Waals surface area contributed by atoms with E-state index in [2.05, 4.69) is 43.4 Å². The van der Waals surface area contributed by atoms with Gasteiger partial charge < -0.3 is 4.40 Å². The van der Waals surface area contributed by atoms with Gasteiger partial charge in [-0.25, -0.2) is 23.4 Å². The van der Waals surface area contributed by atoms with Crippen molar-refractivity contribution in [2.75, 3.05) is 12.8 Å². The predicted octanol–water partition coefficient (Wildman–Crippen LogP) is 1.70. The zero-order valence-electron chi connectivity index (χ0n) is 15.1. The van der Waals surface area contributed by atoms with Crippen LogP contribution in [0.2, 0.25) is 0 Å². The Hall–Kier alpha value is -2.32. The van der Waals surface area contributed by atoms with E-state index in [1.54, 1.807) is 6.20 Å². The lowest BCUT2D eigenvalue weighted by Crippen LogP contribution is -2.32. The third kappa shape index (κ3) is 3.10. The minimum atomic E-state index is -3.37. The average Bonchev–Trinajstić information content (AvgIpc) is 2.89. The van der Waals surface area contributed by atoms with Gasteiger partial charge in [0.25, 0.3) is 0 Å². The number of hydrogen-bond donors (Lipinski definition) is 0. The summed E-state index contributed by atoms with van der Waals surface area (Å²) >= 11 is 0. The second kappa shape index (κ2) is 6.14. The SMILES string of the molecule is Cc1ccc2nc(C)c(CN3CCc4nc(S(C)(=O)=O)ncc4C3)n2c1. The number of sulfone groups is 1. The first kappa shape index (κ1) is 17.1. The molecule has 0 saturated carbocycles. The number of imidazole rings is 1. The Labute approximate surface area is 152 Å². The molecule has 0 bridgehead atoms. The van der Waals surface area contributed by atoms with Crippen LogP contribution in [0.5, 0.6) is 0 Å². The van der Waals surface area contributed by atoms with Gasteiger partial charge in [0.2, 0.25) is 15.0 Å². The van der Waals surface area contributed by atoms with Gasteiger partial charge in [0.05, 0.1) is 17.1 Å². The molecule has 0 amide bonds. The fraction of sp³-hybridized carbons (Fsp3) is 0.389. The second-order valence-corrected chi connectivity index (χ2v) is 8.85. The average molecular weight is 371 g/mol. The molecule has 0 atom stereocenters. The quantitative estimate of drug-likeness (QED) is 0.652. The maximum Gasteiger partial charge on any atom is 0.246 e. The molecule has 26 heavy (non-hydrogen) atoms. The molecular weight excluding hydrogens is 350 g/mol. The van der Waals surface area contributed by atoms with Crippen LogP contribution in [0.25, 0.3) is 5.65 Å². The van der Waals surface area contributed by atoms with Crippen molar-refractivity contribution in [3.05, 3.63) is 52.7 Å². The standard InChI is InChI=1S/C18H21N5O2S/c1-12-4-5-17-20-13(2)16(23(17)9-12)11-22-7-6-15-14(10-22)8-19-18(21-15)26(3,24)25/h4-5,8-9H,6-7,10-11H2,1-3H3. The number of rotatable bonds is 3. The summed E-state index contributed by atoms with van der Waals surface area (Å²) < 4.78 is 25.4. The lowest BCUT2D eigenvalue weighted by Gasteiger charge is -2.28. The summed E-state index contributed by atoms with van der Waals surface area (Å²) in [5.41, 5.74) is 6.20. The van der Waals surface area contributed by atoms with Gasteiger partial charge in [-0.05, 0) is 25.5 Å². The molecule has 7 nitrogen and oxygen atoms in total. The van der Waals surface area contributed by atoms with Crippen molar-refractivity contribution in [2.45, 2.75) is 38.5 Å². The first-order chi connectivity index (χ1) is 12.3. The lowest BCUT2D eigenvalue weighted by molar-refractivity contribution is 0.238. The Kier molecular flexibility index (Phi) is 4.04. The molecule has 0 aliphatic carbocycles. The van der Waals surface area contributed by atoms with Crippen LogP contribution in [0.1, 0.15) is 28.2 Å². The van der Waals surface area contributed by atoms with Gasteiger partial charge in [0.15, 0.2) is 0 Å². The maximum absolute atomic E-state index is 11.6. The van der Waals surface area contributed by atoms with E-state index in [0.29, 0.717) is 6.54 Å². The van der Waals surface area contributed by atoms with E-state index in [1.807, 2.05) is 13.0 Å². The zero-order valence-corrected chi connectivity index (χ0v) is 15.9. The highest BCUT2D eigenvalue weighted by Crippen LogP contribution is 2.21. The highest BCUT2D eigenvalue weighted by molar-refractivity contribution is 7.90. The van der Waals surface area contributed by atoms with Crippen LogP contribution < -0.4 is 0 Å². The molecule has 136 valence electrons. The summed E-state index contributed by atoms with van der Waals surface area (Å²) in [6.07, 6.45) is 5.62. The highest BCUT2D eigenvalue weighted by Gasteiger charge is 2.22. The second-order valence-electron chi connectivity index (χ2n) is 6.94. The van der Waals surface area contributed by atoms with E-state index < -0.39 is 9.84 Å². The Bertz CT molecular complexity index is 1100. The monoisotopic (exact) mass is 371 g/mol. The molecule has 0 aromatic carbocycles. The summed E-state index contributed by atoms with van der Waals surface area (Å²) in [5.74, 6) is 0. The van der Waals surface area contributed by atoms with Crippen LogP contribution in [0, 0.1) is 13.8 Å². The number of aryl methyl sites for hydroxylation is 2. The van der Waals surface area contributed by atoms with E-state index in [4.69, 9.17) is 0 Å². The minimum absolute atomic E-state index is 0.0854. The third-order valence-electron chi connectivity index (χ3n) is 4.76. The lowest BCUT2D eigenvalue weighted by atomic mass is 10.1. The Morgan fingerprint density at radius 2 is 2.00 bits per heavy atom. The van der Waals surface area contributed by atoms with Gasteiger partial charge >= 0.3 is 0 Å². The molecule has 8 heteroatoms. The van der Waals surface area contributed by atoms with Crippen molar-refractivity contribution in [2.24, 2.45) is 0 Å². The maximum atomic E-state index is 11.6. The zero-order chi connectivity index (χ0) is 18.5. The number of hydrogen-bond acceptors (Lipinski definition) is 6. The molecule has 1 aliphatic heterocycles. The van der Waals surface area contributed by atoms with Crippen molar-refractivity contribution in [3.8, 4) is 0 Å². The summed E-state index contributed by atoms with van der Waals surface area (Å²) in [7, 11) is -3.37. The van der Waals surface area contributed by atoms with E-state index in [9.17, 15) is 8.42 Å². The van der Waals surface area contributed by atoms with Crippen LogP contribution in [0.3, 0.4) is 0 Å². The fourth-order valence-electron chi connectivity index (χ4n) is 3.39. The van der Waals surface area contributed by atoms with Crippen LogP contribution >= 0.6 is 0 Å². The third-order valence-corrected chi connectivity index (χ3v) is 5.62. The van der Waals surface area contributed by atoms with Gasteiger partial charge in [-0.15, -0.1) is 0 Å². The predicted molar refractivity (Wildman–Crippen MR) is 97.6 cm³/mol.